The first-order valence-electron chi connectivity index (χ1n) is 19.8. The van der Waals surface area contributed by atoms with Crippen LogP contribution in [-0.4, -0.2) is 172 Å². The van der Waals surface area contributed by atoms with Crippen molar-refractivity contribution in [2.24, 2.45) is 5.11 Å². The topological polar surface area (TPSA) is 358 Å². The van der Waals surface area contributed by atoms with Crippen molar-refractivity contribution < 1.29 is 119 Å². The monoisotopic (exact) mass is 949 g/mol. The molecule has 0 aliphatic carbocycles. The molecule has 15 atom stereocenters. The summed E-state index contributed by atoms with van der Waals surface area (Å²) in [7, 11) is 0. The Bertz CT molecular complexity index is 1870. The van der Waals surface area contributed by atoms with Crippen LogP contribution < -0.4 is 0 Å². The van der Waals surface area contributed by atoms with Gasteiger partial charge in [-0.2, -0.15) is 0 Å². The molecule has 15 unspecified atom stereocenters. The molecule has 0 aromatic rings. The standard InChI is InChI=1S/C38H51N3O25/c1-14(42)52-11-24-28(30(56-18(5)46)33(59-21(8)49)36(62-24)40-41-39)65-38-35(61-23(10)51)32(58-20(7)48)29(26(64-38)13-54-16(3)44)66-37-34(60-22(9)50)31(57-19(6)47)27(55-17(4)45)25(63-37)12-53-15(2)43/h24-38H,11-13H2,1-10H3. The quantitative estimate of drug-likeness (QED) is 0.0547. The molecule has 0 bridgehead atoms. The Kier molecular flexibility index (Phi) is 20.4. The van der Waals surface area contributed by atoms with Crippen LogP contribution in [0.1, 0.15) is 69.2 Å². The Morgan fingerprint density at radius 1 is 0.379 bits per heavy atom. The van der Waals surface area contributed by atoms with Crippen molar-refractivity contribution in [2.45, 2.75) is 161 Å². The molecule has 3 aliphatic heterocycles. The molecule has 0 aromatic carbocycles. The number of rotatable bonds is 18. The maximum Gasteiger partial charge on any atom is 0.303 e. The molecule has 368 valence electrons. The third-order valence-corrected chi connectivity index (χ3v) is 9.01. The molecule has 0 N–H and O–H groups in total. The fourth-order valence-corrected chi connectivity index (χ4v) is 6.92. The summed E-state index contributed by atoms with van der Waals surface area (Å²) in [5.41, 5.74) is 9.33. The first-order valence-corrected chi connectivity index (χ1v) is 19.8. The van der Waals surface area contributed by atoms with Gasteiger partial charge in [-0.3, -0.25) is 47.9 Å². The van der Waals surface area contributed by atoms with Crippen molar-refractivity contribution in [3.63, 3.8) is 0 Å². The number of hydrogen-bond donors (Lipinski definition) is 0. The molecule has 28 nitrogen and oxygen atoms in total. The van der Waals surface area contributed by atoms with E-state index in [1.54, 1.807) is 0 Å². The number of carbonyl (C=O) groups is 10. The summed E-state index contributed by atoms with van der Waals surface area (Å²) in [6, 6.07) is 0. The minimum absolute atomic E-state index is 0.689. The minimum Gasteiger partial charge on any atom is -0.463 e. The summed E-state index contributed by atoms with van der Waals surface area (Å²) in [4.78, 5) is 127. The second kappa shape index (κ2) is 24.9. The normalized spacial score (nSPS) is 31.5. The van der Waals surface area contributed by atoms with Crippen molar-refractivity contribution in [3.8, 4) is 0 Å². The highest BCUT2D eigenvalue weighted by Crippen LogP contribution is 2.38. The van der Waals surface area contributed by atoms with E-state index in [0.29, 0.717) is 0 Å². The van der Waals surface area contributed by atoms with Crippen LogP contribution in [0.3, 0.4) is 0 Å². The highest BCUT2D eigenvalue weighted by molar-refractivity contribution is 5.70. The third kappa shape index (κ3) is 16.1. The predicted molar refractivity (Wildman–Crippen MR) is 204 cm³/mol. The van der Waals surface area contributed by atoms with Crippen LogP contribution in [0.25, 0.3) is 10.4 Å². The summed E-state index contributed by atoms with van der Waals surface area (Å²) >= 11 is 0. The van der Waals surface area contributed by atoms with Crippen LogP contribution in [0.5, 0.6) is 0 Å². The zero-order valence-electron chi connectivity index (χ0n) is 37.3. The molecular weight excluding hydrogens is 898 g/mol. The smallest absolute Gasteiger partial charge is 0.303 e. The fraction of sp³-hybridized carbons (Fsp3) is 0.737. The van der Waals surface area contributed by atoms with E-state index in [9.17, 15) is 53.5 Å². The molecule has 3 fully saturated rings. The van der Waals surface area contributed by atoms with E-state index in [1.807, 2.05) is 0 Å². The van der Waals surface area contributed by atoms with Crippen molar-refractivity contribution in [2.75, 3.05) is 19.8 Å². The van der Waals surface area contributed by atoms with Gasteiger partial charge in [0.05, 0.1) is 0 Å². The lowest BCUT2D eigenvalue weighted by Gasteiger charge is -2.50. The van der Waals surface area contributed by atoms with Gasteiger partial charge < -0.3 is 71.1 Å². The van der Waals surface area contributed by atoms with E-state index in [1.165, 1.54) is 0 Å². The molecule has 28 heteroatoms. The van der Waals surface area contributed by atoms with E-state index in [4.69, 9.17) is 71.1 Å². The minimum atomic E-state index is -2.05. The Balaban J connectivity index is 2.30. The number of carbonyl (C=O) groups excluding carboxylic acids is 10. The van der Waals surface area contributed by atoms with Gasteiger partial charge in [0.1, 0.15) is 50.3 Å². The lowest BCUT2D eigenvalue weighted by atomic mass is 9.95. The summed E-state index contributed by atoms with van der Waals surface area (Å²) in [6.07, 6.45) is -27.1. The molecule has 0 aromatic heterocycles. The summed E-state index contributed by atoms with van der Waals surface area (Å²) in [6.45, 7) is 7.58. The predicted octanol–water partition coefficient (Wildman–Crippen LogP) is -0.547. The average molecular weight is 950 g/mol. The molecule has 3 heterocycles. The summed E-state index contributed by atoms with van der Waals surface area (Å²) < 4.78 is 85.0. The largest absolute Gasteiger partial charge is 0.463 e. The van der Waals surface area contributed by atoms with Crippen LogP contribution in [0.4, 0.5) is 0 Å². The summed E-state index contributed by atoms with van der Waals surface area (Å²) in [5.74, 6) is -9.69. The van der Waals surface area contributed by atoms with E-state index < -0.39 is 172 Å². The van der Waals surface area contributed by atoms with Gasteiger partial charge in [-0.05, 0) is 5.53 Å². The van der Waals surface area contributed by atoms with E-state index in [2.05, 4.69) is 10.0 Å². The Labute approximate surface area is 375 Å². The molecule has 0 amide bonds. The van der Waals surface area contributed by atoms with Gasteiger partial charge in [-0.1, -0.05) is 5.11 Å². The fourth-order valence-electron chi connectivity index (χ4n) is 6.92. The second-order valence-corrected chi connectivity index (χ2v) is 14.5. The molecule has 66 heavy (non-hydrogen) atoms. The Morgan fingerprint density at radius 3 is 0.985 bits per heavy atom. The van der Waals surface area contributed by atoms with Crippen molar-refractivity contribution in [1.82, 2.24) is 0 Å². The molecule has 0 saturated carbocycles. The number of esters is 10. The summed E-state index contributed by atoms with van der Waals surface area (Å²) in [5, 5.41) is 3.49. The zero-order valence-corrected chi connectivity index (χ0v) is 37.3. The van der Waals surface area contributed by atoms with Gasteiger partial charge in [-0.15, -0.1) is 0 Å². The zero-order chi connectivity index (χ0) is 49.6. The van der Waals surface area contributed by atoms with Gasteiger partial charge in [0.25, 0.3) is 0 Å². The highest BCUT2D eigenvalue weighted by atomic mass is 16.8. The lowest BCUT2D eigenvalue weighted by molar-refractivity contribution is -0.373. The van der Waals surface area contributed by atoms with Crippen LogP contribution in [-0.2, 0) is 119 Å². The Morgan fingerprint density at radius 2 is 0.652 bits per heavy atom. The third-order valence-electron chi connectivity index (χ3n) is 9.01. The second-order valence-electron chi connectivity index (χ2n) is 14.5. The van der Waals surface area contributed by atoms with Gasteiger partial charge >= 0.3 is 59.7 Å². The number of azide groups is 1. The molecule has 0 spiro atoms. The van der Waals surface area contributed by atoms with Crippen molar-refractivity contribution in [3.05, 3.63) is 10.4 Å². The molecule has 3 saturated heterocycles. The number of hydrogen-bond acceptors (Lipinski definition) is 26. The van der Waals surface area contributed by atoms with Gasteiger partial charge in [0.2, 0.25) is 0 Å². The maximum atomic E-state index is 12.9. The SMILES string of the molecule is CC(=O)OCC1OC(N=[N+]=[N-])C(OC(C)=O)C(OC(C)=O)C1OC1OC(COC(C)=O)C(OC2OC(COC(C)=O)C(OC(C)=O)C(OC(C)=O)C2OC(C)=O)C(OC(C)=O)C1OC(C)=O. The first kappa shape index (κ1) is 54.1. The van der Waals surface area contributed by atoms with E-state index in [-0.39, 0.29) is 0 Å². The molecular formula is C38H51N3O25. The molecule has 3 aliphatic rings. The van der Waals surface area contributed by atoms with Gasteiger partial charge in [0.15, 0.2) is 61.5 Å². The number of nitrogens with zero attached hydrogens (tertiary/aromatic N) is 3. The van der Waals surface area contributed by atoms with Crippen LogP contribution in [0.15, 0.2) is 5.11 Å². The number of ether oxygens (including phenoxy) is 15. The van der Waals surface area contributed by atoms with Crippen molar-refractivity contribution in [1.29, 1.82) is 0 Å². The van der Waals surface area contributed by atoms with Gasteiger partial charge in [0, 0.05) is 74.1 Å². The van der Waals surface area contributed by atoms with Gasteiger partial charge in [-0.25, -0.2) is 0 Å². The molecule has 0 radical (unpaired) electrons. The van der Waals surface area contributed by atoms with Crippen LogP contribution >= 0.6 is 0 Å². The van der Waals surface area contributed by atoms with E-state index in [0.717, 1.165) is 69.2 Å². The van der Waals surface area contributed by atoms with Crippen LogP contribution in [0.2, 0.25) is 0 Å². The highest BCUT2D eigenvalue weighted by Gasteiger charge is 2.60. The van der Waals surface area contributed by atoms with Crippen LogP contribution in [0, 0.1) is 0 Å². The van der Waals surface area contributed by atoms with Crippen molar-refractivity contribution >= 4 is 59.7 Å². The first-order chi connectivity index (χ1) is 30.9. The lowest BCUT2D eigenvalue weighted by Crippen LogP contribution is -2.68. The molecule has 3 rings (SSSR count). The Hall–Kier alpha value is -6.19. The van der Waals surface area contributed by atoms with E-state index >= 15 is 0 Å². The average Bonchev–Trinajstić information content (AvgIpc) is 3.17. The maximum absolute atomic E-state index is 12.9.